The third kappa shape index (κ3) is 2.85. The van der Waals surface area contributed by atoms with Crippen molar-refractivity contribution in [2.75, 3.05) is 6.54 Å². The molecule has 1 N–H and O–H groups in total. The first kappa shape index (κ1) is 12.3. The second-order valence-electron chi connectivity index (χ2n) is 3.49. The van der Waals surface area contributed by atoms with Crippen LogP contribution in [-0.2, 0) is 16.1 Å². The third-order valence-corrected chi connectivity index (χ3v) is 2.36. The van der Waals surface area contributed by atoms with Crippen LogP contribution in [0.1, 0.15) is 19.6 Å². The third-order valence-electron chi connectivity index (χ3n) is 2.36. The summed E-state index contributed by atoms with van der Waals surface area (Å²) in [5.41, 5.74) is 0. The summed E-state index contributed by atoms with van der Waals surface area (Å²) in [6.45, 7) is 3.95. The summed E-state index contributed by atoms with van der Waals surface area (Å²) < 4.78 is 5.11. The molecule has 0 saturated carbocycles. The molecule has 16 heavy (non-hydrogen) atoms. The highest BCUT2D eigenvalue weighted by Crippen LogP contribution is 2.09. The Labute approximate surface area is 93.7 Å². The van der Waals surface area contributed by atoms with Crippen molar-refractivity contribution in [3.63, 3.8) is 0 Å². The Morgan fingerprint density at radius 1 is 1.56 bits per heavy atom. The Balaban J connectivity index is 2.67. The van der Waals surface area contributed by atoms with Crippen molar-refractivity contribution < 1.29 is 19.1 Å². The van der Waals surface area contributed by atoms with Crippen LogP contribution in [0.15, 0.2) is 22.8 Å². The van der Waals surface area contributed by atoms with Gasteiger partial charge < -0.3 is 14.4 Å². The van der Waals surface area contributed by atoms with E-state index in [1.165, 1.54) is 18.1 Å². The summed E-state index contributed by atoms with van der Waals surface area (Å²) in [4.78, 5) is 23.9. The molecular weight excluding hydrogens is 210 g/mol. The first-order valence-electron chi connectivity index (χ1n) is 5.10. The van der Waals surface area contributed by atoms with Gasteiger partial charge in [-0.3, -0.25) is 9.59 Å². The van der Waals surface area contributed by atoms with Crippen molar-refractivity contribution >= 4 is 11.9 Å². The molecule has 0 aliphatic heterocycles. The second-order valence-corrected chi connectivity index (χ2v) is 3.49. The van der Waals surface area contributed by atoms with Crippen molar-refractivity contribution in [3.05, 3.63) is 24.2 Å². The van der Waals surface area contributed by atoms with E-state index in [9.17, 15) is 9.59 Å². The largest absolute Gasteiger partial charge is 0.481 e. The van der Waals surface area contributed by atoms with Crippen LogP contribution in [0.25, 0.3) is 0 Å². The SMILES string of the molecule is CCN(Cc1ccco1)C(=O)C(C)C(=O)O. The van der Waals surface area contributed by atoms with Gasteiger partial charge >= 0.3 is 5.97 Å². The van der Waals surface area contributed by atoms with E-state index < -0.39 is 17.8 Å². The lowest BCUT2D eigenvalue weighted by Gasteiger charge is -2.21. The van der Waals surface area contributed by atoms with E-state index in [1.54, 1.807) is 19.1 Å². The van der Waals surface area contributed by atoms with E-state index in [0.29, 0.717) is 18.8 Å². The molecule has 1 unspecified atom stereocenters. The molecule has 5 nitrogen and oxygen atoms in total. The highest BCUT2D eigenvalue weighted by molar-refractivity contribution is 5.96. The lowest BCUT2D eigenvalue weighted by molar-refractivity contribution is -0.150. The zero-order chi connectivity index (χ0) is 12.1. The van der Waals surface area contributed by atoms with Gasteiger partial charge in [-0.15, -0.1) is 0 Å². The zero-order valence-electron chi connectivity index (χ0n) is 9.34. The van der Waals surface area contributed by atoms with E-state index in [1.807, 2.05) is 0 Å². The zero-order valence-corrected chi connectivity index (χ0v) is 9.34. The molecule has 0 fully saturated rings. The second kappa shape index (κ2) is 5.34. The maximum Gasteiger partial charge on any atom is 0.315 e. The van der Waals surface area contributed by atoms with Crippen molar-refractivity contribution in [1.82, 2.24) is 4.90 Å². The Bertz CT molecular complexity index is 358. The number of amides is 1. The van der Waals surface area contributed by atoms with Gasteiger partial charge in [-0.05, 0) is 26.0 Å². The van der Waals surface area contributed by atoms with Gasteiger partial charge in [-0.25, -0.2) is 0 Å². The predicted octanol–water partition coefficient (Wildman–Crippen LogP) is 1.35. The lowest BCUT2D eigenvalue weighted by atomic mass is 10.1. The summed E-state index contributed by atoms with van der Waals surface area (Å²) in [5, 5.41) is 8.75. The molecule has 0 aliphatic rings. The van der Waals surface area contributed by atoms with Crippen LogP contribution >= 0.6 is 0 Å². The van der Waals surface area contributed by atoms with E-state index >= 15 is 0 Å². The van der Waals surface area contributed by atoms with Gasteiger partial charge in [0.2, 0.25) is 5.91 Å². The van der Waals surface area contributed by atoms with Crippen LogP contribution in [0.2, 0.25) is 0 Å². The van der Waals surface area contributed by atoms with Crippen LogP contribution in [0, 0.1) is 5.92 Å². The Hall–Kier alpha value is -1.78. The quantitative estimate of drug-likeness (QED) is 0.768. The van der Waals surface area contributed by atoms with Crippen LogP contribution in [0.4, 0.5) is 0 Å². The minimum atomic E-state index is -1.11. The molecule has 0 aliphatic carbocycles. The van der Waals surface area contributed by atoms with Gasteiger partial charge in [0.1, 0.15) is 11.7 Å². The summed E-state index contributed by atoms with van der Waals surface area (Å²) in [6, 6.07) is 3.48. The highest BCUT2D eigenvalue weighted by atomic mass is 16.4. The molecule has 0 spiro atoms. The van der Waals surface area contributed by atoms with Crippen molar-refractivity contribution in [3.8, 4) is 0 Å². The number of hydrogen-bond donors (Lipinski definition) is 1. The Morgan fingerprint density at radius 3 is 2.69 bits per heavy atom. The van der Waals surface area contributed by atoms with Crippen LogP contribution in [0.5, 0.6) is 0 Å². The fourth-order valence-corrected chi connectivity index (χ4v) is 1.32. The molecule has 5 heteroatoms. The van der Waals surface area contributed by atoms with Crippen molar-refractivity contribution in [1.29, 1.82) is 0 Å². The van der Waals surface area contributed by atoms with Gasteiger partial charge in [-0.1, -0.05) is 0 Å². The molecule has 1 atom stereocenters. The van der Waals surface area contributed by atoms with E-state index in [2.05, 4.69) is 0 Å². The first-order chi connectivity index (χ1) is 7.56. The van der Waals surface area contributed by atoms with Gasteiger partial charge in [0, 0.05) is 6.54 Å². The van der Waals surface area contributed by atoms with Crippen LogP contribution in [-0.4, -0.2) is 28.4 Å². The summed E-state index contributed by atoms with van der Waals surface area (Å²) in [6.07, 6.45) is 1.52. The fourth-order valence-electron chi connectivity index (χ4n) is 1.32. The topological polar surface area (TPSA) is 70.8 Å². The number of nitrogens with zero attached hydrogens (tertiary/aromatic N) is 1. The molecule has 1 rings (SSSR count). The number of furan rings is 1. The predicted molar refractivity (Wildman–Crippen MR) is 56.6 cm³/mol. The van der Waals surface area contributed by atoms with E-state index in [4.69, 9.17) is 9.52 Å². The van der Waals surface area contributed by atoms with E-state index in [0.717, 1.165) is 0 Å². The molecule has 0 radical (unpaired) electrons. The molecule has 1 heterocycles. The standard InChI is InChI=1S/C11H15NO4/c1-3-12(7-9-5-4-6-16-9)10(13)8(2)11(14)15/h4-6,8H,3,7H2,1-2H3,(H,14,15). The first-order valence-corrected chi connectivity index (χ1v) is 5.10. The number of carboxylic acids is 1. The Kier molecular flexibility index (Phi) is 4.10. The number of carboxylic acid groups (broad SMARTS) is 1. The number of carbonyl (C=O) groups excluding carboxylic acids is 1. The minimum Gasteiger partial charge on any atom is -0.481 e. The molecule has 0 bridgehead atoms. The van der Waals surface area contributed by atoms with Crippen molar-refractivity contribution in [2.45, 2.75) is 20.4 Å². The number of rotatable bonds is 5. The lowest BCUT2D eigenvalue weighted by Crippen LogP contribution is -2.37. The summed E-state index contributed by atoms with van der Waals surface area (Å²) >= 11 is 0. The number of carbonyl (C=O) groups is 2. The Morgan fingerprint density at radius 2 is 2.25 bits per heavy atom. The molecule has 1 aromatic heterocycles. The van der Waals surface area contributed by atoms with Gasteiger partial charge in [0.15, 0.2) is 0 Å². The number of aliphatic carboxylic acids is 1. The van der Waals surface area contributed by atoms with Gasteiger partial charge in [0.05, 0.1) is 12.8 Å². The normalized spacial score (nSPS) is 12.1. The highest BCUT2D eigenvalue weighted by Gasteiger charge is 2.25. The molecular formula is C11H15NO4. The van der Waals surface area contributed by atoms with Gasteiger partial charge in [0.25, 0.3) is 0 Å². The molecule has 88 valence electrons. The maximum absolute atomic E-state index is 11.7. The summed E-state index contributed by atoms with van der Waals surface area (Å²) in [5.74, 6) is -1.88. The molecule has 0 saturated heterocycles. The molecule has 1 aromatic rings. The van der Waals surface area contributed by atoms with E-state index in [-0.39, 0.29) is 0 Å². The van der Waals surface area contributed by atoms with Gasteiger partial charge in [-0.2, -0.15) is 0 Å². The average Bonchev–Trinajstić information content (AvgIpc) is 2.76. The molecule has 1 amide bonds. The number of hydrogen-bond acceptors (Lipinski definition) is 3. The van der Waals surface area contributed by atoms with Crippen LogP contribution in [0.3, 0.4) is 0 Å². The smallest absolute Gasteiger partial charge is 0.315 e. The minimum absolute atomic E-state index is 0.306. The summed E-state index contributed by atoms with van der Waals surface area (Å²) in [7, 11) is 0. The van der Waals surface area contributed by atoms with Crippen LogP contribution < -0.4 is 0 Å². The van der Waals surface area contributed by atoms with Crippen molar-refractivity contribution in [2.24, 2.45) is 5.92 Å². The maximum atomic E-state index is 11.7. The average molecular weight is 225 g/mol. The monoisotopic (exact) mass is 225 g/mol. The fraction of sp³-hybridized carbons (Fsp3) is 0.455. The molecule has 0 aromatic carbocycles.